The highest BCUT2D eigenvalue weighted by molar-refractivity contribution is 7.54. The number of nitrogens with zero attached hydrogens (tertiary/aromatic N) is 2. The van der Waals surface area contributed by atoms with Crippen molar-refractivity contribution >= 4 is 13.6 Å². The maximum absolute atomic E-state index is 13.6. The van der Waals surface area contributed by atoms with Crippen LogP contribution >= 0.6 is 7.60 Å². The third-order valence-corrected chi connectivity index (χ3v) is 12.4. The summed E-state index contributed by atoms with van der Waals surface area (Å²) >= 11 is 0. The molecule has 0 saturated heterocycles. The molecule has 59 heavy (non-hydrogen) atoms. The number of hydrogen-bond donors (Lipinski definition) is 2. The van der Waals surface area contributed by atoms with Crippen molar-refractivity contribution in [1.29, 1.82) is 0 Å². The molecule has 0 aliphatic rings. The van der Waals surface area contributed by atoms with Crippen LogP contribution < -0.4 is 0 Å². The van der Waals surface area contributed by atoms with E-state index in [-0.39, 0.29) is 30.7 Å². The second kappa shape index (κ2) is 20.6. The van der Waals surface area contributed by atoms with E-state index in [1.54, 1.807) is 26.0 Å². The van der Waals surface area contributed by atoms with Gasteiger partial charge in [0.05, 0.1) is 36.5 Å². The first kappa shape index (κ1) is 52.0. The van der Waals surface area contributed by atoms with Gasteiger partial charge >= 0.3 is 13.6 Å². The number of benzene rings is 3. The van der Waals surface area contributed by atoms with Gasteiger partial charge in [0, 0.05) is 5.54 Å². The minimum Gasteiger partial charge on any atom is -0.508 e. The summed E-state index contributed by atoms with van der Waals surface area (Å²) in [7, 11) is -3.61. The van der Waals surface area contributed by atoms with Crippen molar-refractivity contribution in [1.82, 2.24) is 10.1 Å². The van der Waals surface area contributed by atoms with E-state index in [0.29, 0.717) is 6.61 Å². The van der Waals surface area contributed by atoms with Gasteiger partial charge in [-0.25, -0.2) is 4.79 Å². The van der Waals surface area contributed by atoms with E-state index < -0.39 is 47.0 Å². The molecular formula is C47H75N2O9P. The molecule has 0 aromatic heterocycles. The van der Waals surface area contributed by atoms with Crippen LogP contribution in [-0.4, -0.2) is 68.7 Å². The van der Waals surface area contributed by atoms with Crippen LogP contribution in [0.1, 0.15) is 140 Å². The fourth-order valence-corrected chi connectivity index (χ4v) is 9.23. The third-order valence-electron chi connectivity index (χ3n) is 9.56. The summed E-state index contributed by atoms with van der Waals surface area (Å²) in [6, 6.07) is 28.0. The molecule has 2 N–H and O–H groups in total. The van der Waals surface area contributed by atoms with Crippen molar-refractivity contribution in [3.63, 3.8) is 0 Å². The fraction of sp³-hybridized carbons (Fsp3) is 0.596. The zero-order valence-electron chi connectivity index (χ0n) is 39.0. The second-order valence-electron chi connectivity index (χ2n) is 19.3. The van der Waals surface area contributed by atoms with Gasteiger partial charge in [0.2, 0.25) is 0 Å². The van der Waals surface area contributed by atoms with Crippen molar-refractivity contribution in [2.75, 3.05) is 19.8 Å². The van der Waals surface area contributed by atoms with Crippen LogP contribution in [0.25, 0.3) is 0 Å². The lowest BCUT2D eigenvalue weighted by Gasteiger charge is -2.49. The van der Waals surface area contributed by atoms with Crippen LogP contribution in [0, 0.1) is 5.41 Å². The van der Waals surface area contributed by atoms with Crippen molar-refractivity contribution < 1.29 is 43.0 Å². The van der Waals surface area contributed by atoms with Gasteiger partial charge in [-0.3, -0.25) is 14.2 Å². The molecule has 0 radical (unpaired) electrons. The number of carboxylic acid groups (broad SMARTS) is 1. The molecule has 2 unspecified atom stereocenters. The fourth-order valence-electron chi connectivity index (χ4n) is 6.55. The topological polar surface area (TPSA) is 127 Å². The van der Waals surface area contributed by atoms with Gasteiger partial charge in [0.15, 0.2) is 5.60 Å². The Labute approximate surface area is 355 Å². The molecule has 11 nitrogen and oxygen atoms in total. The van der Waals surface area contributed by atoms with Crippen LogP contribution in [0.4, 0.5) is 0 Å². The molecule has 0 bridgehead atoms. The molecule has 0 aliphatic heterocycles. The lowest BCUT2D eigenvalue weighted by Crippen LogP contribution is -2.57. The van der Waals surface area contributed by atoms with E-state index in [1.165, 1.54) is 18.9 Å². The van der Waals surface area contributed by atoms with E-state index in [1.807, 2.05) is 86.6 Å². The second-order valence-corrected chi connectivity index (χ2v) is 21.4. The zero-order valence-corrected chi connectivity index (χ0v) is 39.8. The molecule has 3 aromatic carbocycles. The van der Waals surface area contributed by atoms with E-state index in [4.69, 9.17) is 23.5 Å². The van der Waals surface area contributed by atoms with Crippen LogP contribution in [0.15, 0.2) is 84.9 Å². The smallest absolute Gasteiger partial charge is 0.350 e. The molecule has 332 valence electrons. The third kappa shape index (κ3) is 14.8. The Morgan fingerprint density at radius 3 is 1.44 bits per heavy atom. The van der Waals surface area contributed by atoms with Gasteiger partial charge in [0.25, 0.3) is 0 Å². The van der Waals surface area contributed by atoms with Gasteiger partial charge < -0.3 is 24.0 Å². The first-order chi connectivity index (χ1) is 26.9. The molecule has 0 heterocycles. The summed E-state index contributed by atoms with van der Waals surface area (Å²) < 4.78 is 30.9. The Bertz CT molecular complexity index is 1700. The van der Waals surface area contributed by atoms with Gasteiger partial charge in [-0.05, 0) is 131 Å². The van der Waals surface area contributed by atoms with E-state index in [2.05, 4.69) is 81.3 Å². The quantitative estimate of drug-likeness (QED) is 0.0938. The number of aromatic hydroxyl groups is 1. The molecule has 0 spiro atoms. The van der Waals surface area contributed by atoms with Gasteiger partial charge in [-0.15, -0.1) is 0 Å². The first-order valence-corrected chi connectivity index (χ1v) is 22.2. The maximum Gasteiger partial charge on any atom is 0.350 e. The Kier molecular flexibility index (Phi) is 18.2. The summed E-state index contributed by atoms with van der Waals surface area (Å²) in [5.41, 5.74) is -0.696. The van der Waals surface area contributed by atoms with Gasteiger partial charge in [0.1, 0.15) is 17.6 Å². The molecule has 2 atom stereocenters. The summed E-state index contributed by atoms with van der Waals surface area (Å²) in [4.78, 5) is 24.4. The molecule has 0 fully saturated rings. The van der Waals surface area contributed by atoms with Gasteiger partial charge in [-0.1, -0.05) is 93.6 Å². The largest absolute Gasteiger partial charge is 0.508 e. The molecule has 3 rings (SSSR count). The maximum atomic E-state index is 13.6. The van der Waals surface area contributed by atoms with Crippen molar-refractivity contribution in [3.8, 4) is 5.75 Å². The van der Waals surface area contributed by atoms with Crippen LogP contribution in [0.3, 0.4) is 0 Å². The first-order valence-electron chi connectivity index (χ1n) is 20.6. The molecule has 12 heteroatoms. The highest BCUT2D eigenvalue weighted by atomic mass is 31.2. The standard InChI is InChI=1S/C30H39NO3.C17H36NO6P/c1-28(2,3)33-22-27(23-18-20-26(32)21-19-23)34-31(29(4,5)24-14-10-8-11-15-24)30(6,7)25-16-12-9-13-17-25;1-11-22-25(21,23-12-2)13(15(3,4)5)18(16(6,7)8)24-17(9,10)14(19)20/h8-21,27,32H,22H2,1-7H3;13H,11-12H2,1-10H3,(H,19,20). The minimum absolute atomic E-state index is 0.212. The number of carboxylic acids is 1. The van der Waals surface area contributed by atoms with E-state index in [0.717, 1.165) is 16.7 Å². The summed E-state index contributed by atoms with van der Waals surface area (Å²) in [6.07, 6.45) is -0.370. The molecule has 3 aromatic rings. The number of carbonyl (C=O) groups is 1. The Balaban J connectivity index is 0.000000429. The number of hydroxylamine groups is 4. The predicted octanol–water partition coefficient (Wildman–Crippen LogP) is 11.9. The average Bonchev–Trinajstić information content (AvgIpc) is 3.11. The van der Waals surface area contributed by atoms with Crippen LogP contribution in [-0.2, 0) is 43.9 Å². The molecule has 0 amide bonds. The highest BCUT2D eigenvalue weighted by Gasteiger charge is 2.53. The average molecular weight is 843 g/mol. The number of aliphatic carboxylic acids is 1. The molecular weight excluding hydrogens is 767 g/mol. The molecule has 0 saturated carbocycles. The van der Waals surface area contributed by atoms with E-state index >= 15 is 0 Å². The monoisotopic (exact) mass is 843 g/mol. The minimum atomic E-state index is -3.61. The van der Waals surface area contributed by atoms with Crippen molar-refractivity contribution in [2.45, 2.75) is 157 Å². The number of hydrogen-bond acceptors (Lipinski definition) is 10. The lowest BCUT2D eigenvalue weighted by molar-refractivity contribution is -0.310. The van der Waals surface area contributed by atoms with E-state index in [9.17, 15) is 19.6 Å². The summed E-state index contributed by atoms with van der Waals surface area (Å²) in [5, 5.41) is 22.9. The Morgan fingerprint density at radius 1 is 0.678 bits per heavy atom. The number of phenols is 1. The SMILES string of the molecule is CC(C)(C)OCC(ON(C(C)(C)c1ccccc1)C(C)(C)c1ccccc1)c1ccc(O)cc1.CCOP(=O)(OCC)C(N(OC(C)(C)C(=O)O)C(C)(C)C)C(C)(C)C. The number of phenolic OH excluding ortho intramolecular Hbond substituents is 1. The van der Waals surface area contributed by atoms with Gasteiger partial charge in [-0.2, -0.15) is 10.1 Å². The number of rotatable bonds is 18. The predicted molar refractivity (Wildman–Crippen MR) is 237 cm³/mol. The zero-order chi connectivity index (χ0) is 45.3. The van der Waals surface area contributed by atoms with Crippen molar-refractivity contribution in [3.05, 3.63) is 102 Å². The lowest BCUT2D eigenvalue weighted by atomic mass is 9.86. The molecule has 0 aliphatic carbocycles. The van der Waals surface area contributed by atoms with Crippen LogP contribution in [0.5, 0.6) is 5.75 Å². The van der Waals surface area contributed by atoms with Crippen molar-refractivity contribution in [2.24, 2.45) is 5.41 Å². The summed E-state index contributed by atoms with van der Waals surface area (Å²) in [5.74, 6) is -1.68. The Morgan fingerprint density at radius 2 is 1.10 bits per heavy atom. The number of ether oxygens (including phenoxy) is 1. The van der Waals surface area contributed by atoms with Crippen LogP contribution in [0.2, 0.25) is 0 Å². The normalized spacial score (nSPS) is 14.5. The Hall–Kier alpha value is -3.12. The summed E-state index contributed by atoms with van der Waals surface area (Å²) in [6.45, 7) is 33.4. The highest BCUT2D eigenvalue weighted by Crippen LogP contribution is 2.61.